The molecule has 104 heavy (non-hydrogen) atoms. The van der Waals surface area contributed by atoms with Gasteiger partial charge in [0.15, 0.2) is 12.2 Å². The van der Waals surface area contributed by atoms with Gasteiger partial charge in [-0.1, -0.05) is 389 Å². The van der Waals surface area contributed by atoms with Gasteiger partial charge in [-0.05, 0) is 49.4 Å². The van der Waals surface area contributed by atoms with Crippen molar-refractivity contribution in [1.29, 1.82) is 0 Å². The molecule has 0 rings (SSSR count). The Labute approximate surface area is 638 Å². The molecule has 0 aliphatic rings. The van der Waals surface area contributed by atoms with Crippen LogP contribution in [0.4, 0.5) is 0 Å². The van der Waals surface area contributed by atoms with Crippen molar-refractivity contribution in [1.82, 2.24) is 0 Å². The third-order valence-electron chi connectivity index (χ3n) is 20.5. The minimum absolute atomic E-state index is 0.106. The lowest BCUT2D eigenvalue weighted by Crippen LogP contribution is -2.30. The first-order chi connectivity index (χ1) is 50.2. The number of aliphatic hydroxyl groups excluding tert-OH is 1. The predicted molar refractivity (Wildman–Crippen MR) is 428 cm³/mol. The summed E-state index contributed by atoms with van der Waals surface area (Å²) in [6, 6.07) is 0. The van der Waals surface area contributed by atoms with E-state index in [9.17, 15) is 43.2 Å². The van der Waals surface area contributed by atoms with Gasteiger partial charge in [-0.15, -0.1) is 0 Å². The zero-order valence-corrected chi connectivity index (χ0v) is 70.5. The number of phosphoric ester groups is 2. The molecule has 0 aromatic rings. The van der Waals surface area contributed by atoms with Crippen molar-refractivity contribution < 1.29 is 80.2 Å². The summed E-state index contributed by atoms with van der Waals surface area (Å²) < 4.78 is 68.9. The molecule has 618 valence electrons. The lowest BCUT2D eigenvalue weighted by Gasteiger charge is -2.21. The van der Waals surface area contributed by atoms with E-state index in [1.807, 2.05) is 0 Å². The first kappa shape index (κ1) is 102. The molecule has 0 aliphatic heterocycles. The van der Waals surface area contributed by atoms with Gasteiger partial charge < -0.3 is 33.8 Å². The van der Waals surface area contributed by atoms with Crippen molar-refractivity contribution in [2.45, 2.75) is 459 Å². The van der Waals surface area contributed by atoms with Gasteiger partial charge in [0.2, 0.25) is 0 Å². The van der Waals surface area contributed by atoms with Crippen LogP contribution in [-0.2, 0) is 65.4 Å². The molecule has 0 spiro atoms. The van der Waals surface area contributed by atoms with Crippen molar-refractivity contribution in [2.24, 2.45) is 23.7 Å². The van der Waals surface area contributed by atoms with Crippen LogP contribution >= 0.6 is 15.6 Å². The van der Waals surface area contributed by atoms with Crippen LogP contribution in [-0.4, -0.2) is 96.7 Å². The second kappa shape index (κ2) is 73.8. The molecule has 17 nitrogen and oxygen atoms in total. The molecule has 4 unspecified atom stereocenters. The number of carbonyl (C=O) groups is 4. The molecule has 0 aromatic heterocycles. The van der Waals surface area contributed by atoms with Crippen LogP contribution in [0.5, 0.6) is 0 Å². The van der Waals surface area contributed by atoms with Crippen LogP contribution in [0.3, 0.4) is 0 Å². The fraction of sp³-hybridized carbons (Fsp3) is 0.953. The maximum atomic E-state index is 13.1. The number of phosphoric acid groups is 2. The van der Waals surface area contributed by atoms with E-state index in [1.165, 1.54) is 244 Å². The number of carbonyl (C=O) groups excluding carboxylic acids is 4. The zero-order valence-electron chi connectivity index (χ0n) is 68.7. The van der Waals surface area contributed by atoms with Gasteiger partial charge in [0.05, 0.1) is 26.4 Å². The molecular formula is C85H166O17P2. The lowest BCUT2D eigenvalue weighted by molar-refractivity contribution is -0.161. The number of hydrogen-bond donors (Lipinski definition) is 3. The van der Waals surface area contributed by atoms with Crippen molar-refractivity contribution in [3.05, 3.63) is 0 Å². The molecule has 0 saturated carbocycles. The molecule has 0 heterocycles. The molecule has 0 aromatic carbocycles. The van der Waals surface area contributed by atoms with Crippen molar-refractivity contribution in [3.63, 3.8) is 0 Å². The third-order valence-corrected chi connectivity index (χ3v) is 22.4. The van der Waals surface area contributed by atoms with Crippen molar-refractivity contribution >= 4 is 39.5 Å². The standard InChI is InChI=1S/C85H166O17P2/c1-9-77(7)63-55-47-39-31-27-28-34-44-52-60-68-85(90)102-81(72-96-83(88)66-58-50-42-36-35-40-48-56-64-78(8)10-2)74-100-104(93,94)98-70-79(86)69-97-103(91,92)99-73-80(101-84(89)67-59-51-43-33-26-22-18-14-12-16-20-24-30-38-46-54-62-76(5)6)71-95-82(87)65-57-49-41-32-25-21-17-13-11-15-19-23-29-37-45-53-61-75(3)4/h75-81,86H,9-74H2,1-8H3,(H,91,92)(H,93,94)/t77?,78?,79-,80-,81-/m1/s1. The normalized spacial score (nSPS) is 14.5. The predicted octanol–water partition coefficient (Wildman–Crippen LogP) is 25.6. The van der Waals surface area contributed by atoms with E-state index in [0.717, 1.165) is 114 Å². The fourth-order valence-corrected chi connectivity index (χ4v) is 14.7. The van der Waals surface area contributed by atoms with Crippen LogP contribution in [0.2, 0.25) is 0 Å². The van der Waals surface area contributed by atoms with E-state index in [2.05, 4.69) is 55.4 Å². The molecule has 19 heteroatoms. The second-order valence-electron chi connectivity index (χ2n) is 32.0. The van der Waals surface area contributed by atoms with E-state index >= 15 is 0 Å². The molecule has 0 fully saturated rings. The summed E-state index contributed by atoms with van der Waals surface area (Å²) in [7, 11) is -9.93. The Kier molecular flexibility index (Phi) is 72.5. The highest BCUT2D eigenvalue weighted by atomic mass is 31.2. The summed E-state index contributed by atoms with van der Waals surface area (Å²) in [6.07, 6.45) is 62.3. The largest absolute Gasteiger partial charge is 0.472 e. The molecular weight excluding hydrogens is 1350 g/mol. The molecule has 3 N–H and O–H groups in total. The number of ether oxygens (including phenoxy) is 4. The highest BCUT2D eigenvalue weighted by molar-refractivity contribution is 7.47. The van der Waals surface area contributed by atoms with Crippen LogP contribution in [0.15, 0.2) is 0 Å². The minimum Gasteiger partial charge on any atom is -0.462 e. The number of unbranched alkanes of at least 4 members (excludes halogenated alkanes) is 46. The molecule has 0 amide bonds. The van der Waals surface area contributed by atoms with Crippen LogP contribution in [0, 0.1) is 23.7 Å². The first-order valence-corrected chi connectivity index (χ1v) is 46.8. The number of esters is 4. The van der Waals surface area contributed by atoms with Gasteiger partial charge in [0.1, 0.15) is 19.3 Å². The fourth-order valence-electron chi connectivity index (χ4n) is 13.1. The average molecular weight is 1520 g/mol. The lowest BCUT2D eigenvalue weighted by atomic mass is 9.99. The summed E-state index contributed by atoms with van der Waals surface area (Å²) in [5.41, 5.74) is 0. The summed E-state index contributed by atoms with van der Waals surface area (Å²) >= 11 is 0. The maximum Gasteiger partial charge on any atom is 0.472 e. The Morgan fingerprint density at radius 3 is 0.683 bits per heavy atom. The van der Waals surface area contributed by atoms with Gasteiger partial charge in [0.25, 0.3) is 0 Å². The van der Waals surface area contributed by atoms with Crippen molar-refractivity contribution in [3.8, 4) is 0 Å². The first-order valence-electron chi connectivity index (χ1n) is 43.8. The third kappa shape index (κ3) is 75.5. The highest BCUT2D eigenvalue weighted by Gasteiger charge is 2.30. The van der Waals surface area contributed by atoms with Crippen LogP contribution in [0.1, 0.15) is 441 Å². The van der Waals surface area contributed by atoms with Gasteiger partial charge in [-0.3, -0.25) is 37.3 Å². The zero-order chi connectivity index (χ0) is 76.7. The Balaban J connectivity index is 5.26. The van der Waals surface area contributed by atoms with E-state index in [4.69, 9.17) is 37.0 Å². The Morgan fingerprint density at radius 1 is 0.269 bits per heavy atom. The summed E-state index contributed by atoms with van der Waals surface area (Å²) in [5.74, 6) is 1.09. The van der Waals surface area contributed by atoms with Crippen LogP contribution < -0.4 is 0 Å². The Hall–Kier alpha value is -1.94. The van der Waals surface area contributed by atoms with Gasteiger partial charge in [0, 0.05) is 25.7 Å². The summed E-state index contributed by atoms with van der Waals surface area (Å²) in [6.45, 7) is 14.4. The van der Waals surface area contributed by atoms with Gasteiger partial charge in [-0.2, -0.15) is 0 Å². The molecule has 0 aliphatic carbocycles. The van der Waals surface area contributed by atoms with E-state index in [0.29, 0.717) is 25.7 Å². The Bertz CT molecular complexity index is 2030. The monoisotopic (exact) mass is 1520 g/mol. The Morgan fingerprint density at radius 2 is 0.462 bits per heavy atom. The quantitative estimate of drug-likeness (QED) is 0.0222. The maximum absolute atomic E-state index is 13.1. The van der Waals surface area contributed by atoms with Gasteiger partial charge >= 0.3 is 39.5 Å². The molecule has 0 saturated heterocycles. The van der Waals surface area contributed by atoms with E-state index in [1.54, 1.807) is 0 Å². The van der Waals surface area contributed by atoms with E-state index < -0.39 is 97.5 Å². The number of hydrogen-bond acceptors (Lipinski definition) is 15. The SMILES string of the molecule is CCC(C)CCCCCCCCCCCCC(=O)O[C@H](COC(=O)CCCCCCCCCCC(C)CC)COP(=O)(O)OC[C@H](O)COP(=O)(O)OC[C@@H](COC(=O)CCCCCCCCCCCCCCCCCCC(C)C)OC(=O)CCCCCCCCCCCCCCCCCCC(C)C. The van der Waals surface area contributed by atoms with Crippen LogP contribution in [0.25, 0.3) is 0 Å². The summed E-state index contributed by atoms with van der Waals surface area (Å²) in [5, 5.41) is 10.7. The van der Waals surface area contributed by atoms with E-state index in [-0.39, 0.29) is 25.7 Å². The average Bonchev–Trinajstić information content (AvgIpc) is 0.911. The van der Waals surface area contributed by atoms with Gasteiger partial charge in [-0.25, -0.2) is 9.13 Å². The minimum atomic E-state index is -4.97. The molecule has 0 radical (unpaired) electrons. The smallest absolute Gasteiger partial charge is 0.462 e. The number of rotatable bonds is 82. The summed E-state index contributed by atoms with van der Waals surface area (Å²) in [4.78, 5) is 73.2. The molecule has 7 atom stereocenters. The topological polar surface area (TPSA) is 237 Å². The highest BCUT2D eigenvalue weighted by Crippen LogP contribution is 2.45. The second-order valence-corrected chi connectivity index (χ2v) is 34.9. The van der Waals surface area contributed by atoms with Crippen molar-refractivity contribution in [2.75, 3.05) is 39.6 Å². The number of aliphatic hydroxyl groups is 1. The molecule has 0 bridgehead atoms.